The Kier molecular flexibility index (Phi) is 7.52. The highest BCUT2D eigenvalue weighted by Gasteiger charge is 2.29. The van der Waals surface area contributed by atoms with Gasteiger partial charge in [-0.2, -0.15) is 18.3 Å². The van der Waals surface area contributed by atoms with Crippen LogP contribution >= 0.6 is 11.8 Å². The lowest BCUT2D eigenvalue weighted by atomic mass is 10.1. The summed E-state index contributed by atoms with van der Waals surface area (Å²) in [6.07, 6.45) is -3.12. The number of nitrogens with one attached hydrogen (secondary N) is 1. The fourth-order valence-electron chi connectivity index (χ4n) is 2.73. The molecule has 1 amide bonds. The maximum atomic E-state index is 12.6. The number of hydrogen-bond donors (Lipinski definition) is 1. The van der Waals surface area contributed by atoms with Gasteiger partial charge in [-0.3, -0.25) is 4.79 Å². The van der Waals surface area contributed by atoms with Crippen LogP contribution in [0.2, 0.25) is 0 Å². The van der Waals surface area contributed by atoms with Crippen LogP contribution in [-0.2, 0) is 17.5 Å². The van der Waals surface area contributed by atoms with E-state index in [1.165, 1.54) is 30.1 Å². The summed E-state index contributed by atoms with van der Waals surface area (Å²) >= 11 is 1.21. The van der Waals surface area contributed by atoms with E-state index in [0.717, 1.165) is 23.4 Å². The highest BCUT2D eigenvalue weighted by Crippen LogP contribution is 2.29. The van der Waals surface area contributed by atoms with Crippen molar-refractivity contribution in [3.05, 3.63) is 59.7 Å². The van der Waals surface area contributed by atoms with Crippen LogP contribution in [0.25, 0.3) is 11.4 Å². The number of amides is 1. The van der Waals surface area contributed by atoms with Crippen molar-refractivity contribution in [1.82, 2.24) is 20.2 Å². The van der Waals surface area contributed by atoms with Crippen molar-refractivity contribution < 1.29 is 22.7 Å². The molecule has 0 fully saturated rings. The third-order valence-corrected chi connectivity index (χ3v) is 5.32. The van der Waals surface area contributed by atoms with E-state index in [4.69, 9.17) is 4.74 Å². The summed E-state index contributed by atoms with van der Waals surface area (Å²) in [6.45, 7) is 2.57. The van der Waals surface area contributed by atoms with E-state index in [2.05, 4.69) is 20.7 Å². The molecule has 1 N–H and O–H groups in total. The van der Waals surface area contributed by atoms with Crippen LogP contribution in [0.1, 0.15) is 18.1 Å². The smallest absolute Gasteiger partial charge is 0.416 e. The number of aromatic nitrogens is 3. The van der Waals surface area contributed by atoms with Gasteiger partial charge in [-0.15, -0.1) is 10.2 Å². The number of alkyl halides is 3. The van der Waals surface area contributed by atoms with Gasteiger partial charge in [-0.05, 0) is 48.9 Å². The second kappa shape index (κ2) is 10.3. The minimum absolute atomic E-state index is 0.0467. The summed E-state index contributed by atoms with van der Waals surface area (Å²) in [7, 11) is 1.59. The lowest BCUT2D eigenvalue weighted by Gasteiger charge is -2.07. The van der Waals surface area contributed by atoms with Crippen molar-refractivity contribution in [3.8, 4) is 17.1 Å². The quantitative estimate of drug-likeness (QED) is 0.307. The molecule has 0 bridgehead atoms. The SMILES string of the molecule is CCn1c(SCC(=O)NN=Cc2ccc(C(F)(F)F)cc2)nnc1-c1ccc(OC)cc1. The Morgan fingerprint density at radius 1 is 1.16 bits per heavy atom. The topological polar surface area (TPSA) is 81.4 Å². The molecule has 0 atom stereocenters. The van der Waals surface area contributed by atoms with Crippen molar-refractivity contribution in [2.45, 2.75) is 24.8 Å². The van der Waals surface area contributed by atoms with Crippen LogP contribution in [0.3, 0.4) is 0 Å². The average Bonchev–Trinajstić information content (AvgIpc) is 3.20. The third kappa shape index (κ3) is 5.88. The number of benzene rings is 2. The third-order valence-electron chi connectivity index (χ3n) is 4.35. The molecule has 7 nitrogen and oxygen atoms in total. The number of carbonyl (C=O) groups excluding carboxylic acids is 1. The molecule has 2 aromatic carbocycles. The highest BCUT2D eigenvalue weighted by atomic mass is 32.2. The zero-order chi connectivity index (χ0) is 23.1. The van der Waals surface area contributed by atoms with Gasteiger partial charge in [0, 0.05) is 12.1 Å². The Hall–Kier alpha value is -3.34. The van der Waals surface area contributed by atoms with Crippen LogP contribution in [0.15, 0.2) is 58.8 Å². The van der Waals surface area contributed by atoms with Crippen LogP contribution < -0.4 is 10.2 Å². The van der Waals surface area contributed by atoms with E-state index >= 15 is 0 Å². The minimum atomic E-state index is -4.40. The van der Waals surface area contributed by atoms with E-state index in [9.17, 15) is 18.0 Å². The summed E-state index contributed by atoms with van der Waals surface area (Å²) in [6, 6.07) is 11.9. The molecule has 3 aromatic rings. The lowest BCUT2D eigenvalue weighted by molar-refractivity contribution is -0.137. The Morgan fingerprint density at radius 2 is 1.84 bits per heavy atom. The summed E-state index contributed by atoms with van der Waals surface area (Å²) in [5.74, 6) is 1.08. The molecule has 0 unspecified atom stereocenters. The fourth-order valence-corrected chi connectivity index (χ4v) is 3.53. The van der Waals surface area contributed by atoms with E-state index in [-0.39, 0.29) is 11.7 Å². The summed E-state index contributed by atoms with van der Waals surface area (Å²) in [5, 5.41) is 12.8. The molecule has 11 heteroatoms. The summed E-state index contributed by atoms with van der Waals surface area (Å²) in [4.78, 5) is 12.1. The number of thioether (sulfide) groups is 1. The highest BCUT2D eigenvalue weighted by molar-refractivity contribution is 7.99. The minimum Gasteiger partial charge on any atom is -0.497 e. The molecular weight excluding hydrogens is 443 g/mol. The first-order valence-corrected chi connectivity index (χ1v) is 10.5. The largest absolute Gasteiger partial charge is 0.497 e. The number of nitrogens with zero attached hydrogens (tertiary/aromatic N) is 4. The number of hydrogen-bond acceptors (Lipinski definition) is 6. The molecule has 3 rings (SSSR count). The molecule has 1 aromatic heterocycles. The van der Waals surface area contributed by atoms with Crippen LogP contribution in [0.5, 0.6) is 5.75 Å². The first kappa shape index (κ1) is 23.3. The molecular formula is C21H20F3N5O2S. The van der Waals surface area contributed by atoms with Crippen LogP contribution in [0.4, 0.5) is 13.2 Å². The van der Waals surface area contributed by atoms with E-state index in [1.807, 2.05) is 35.8 Å². The second-order valence-electron chi connectivity index (χ2n) is 6.48. The van der Waals surface area contributed by atoms with Gasteiger partial charge in [0.05, 0.1) is 24.6 Å². The summed E-state index contributed by atoms with van der Waals surface area (Å²) in [5.41, 5.74) is 2.91. The number of carbonyl (C=O) groups is 1. The van der Waals surface area contributed by atoms with Gasteiger partial charge in [-0.25, -0.2) is 5.43 Å². The number of halogens is 3. The van der Waals surface area contributed by atoms with E-state index < -0.39 is 11.7 Å². The number of hydrazone groups is 1. The molecule has 0 saturated carbocycles. The predicted octanol–water partition coefficient (Wildman–Crippen LogP) is 4.23. The van der Waals surface area contributed by atoms with E-state index in [1.54, 1.807) is 7.11 Å². The van der Waals surface area contributed by atoms with Gasteiger partial charge < -0.3 is 9.30 Å². The van der Waals surface area contributed by atoms with Gasteiger partial charge in [-0.1, -0.05) is 23.9 Å². The maximum absolute atomic E-state index is 12.6. The van der Waals surface area contributed by atoms with Gasteiger partial charge in [0.2, 0.25) is 0 Å². The van der Waals surface area contributed by atoms with Gasteiger partial charge in [0.25, 0.3) is 5.91 Å². The number of rotatable bonds is 8. The Bertz CT molecular complexity index is 1080. The Morgan fingerprint density at radius 3 is 2.44 bits per heavy atom. The van der Waals surface area contributed by atoms with Crippen molar-refractivity contribution in [2.24, 2.45) is 5.10 Å². The molecule has 0 aliphatic rings. The monoisotopic (exact) mass is 463 g/mol. The van der Waals surface area contributed by atoms with Crippen LogP contribution in [0, 0.1) is 0 Å². The lowest BCUT2D eigenvalue weighted by Crippen LogP contribution is -2.20. The average molecular weight is 463 g/mol. The molecule has 0 aliphatic heterocycles. The van der Waals surface area contributed by atoms with Crippen molar-refractivity contribution in [1.29, 1.82) is 0 Å². The normalized spacial score (nSPS) is 11.7. The predicted molar refractivity (Wildman–Crippen MR) is 116 cm³/mol. The fraction of sp³-hybridized carbons (Fsp3) is 0.238. The molecule has 0 saturated heterocycles. The molecule has 1 heterocycles. The van der Waals surface area contributed by atoms with Crippen molar-refractivity contribution in [2.75, 3.05) is 12.9 Å². The second-order valence-corrected chi connectivity index (χ2v) is 7.42. The molecule has 0 radical (unpaired) electrons. The number of methoxy groups -OCH3 is 1. The Labute approximate surface area is 186 Å². The zero-order valence-corrected chi connectivity index (χ0v) is 18.1. The number of ether oxygens (including phenoxy) is 1. The Balaban J connectivity index is 1.56. The van der Waals surface area contributed by atoms with Gasteiger partial charge >= 0.3 is 6.18 Å². The molecule has 0 aliphatic carbocycles. The van der Waals surface area contributed by atoms with Gasteiger partial charge in [0.1, 0.15) is 5.75 Å². The molecule has 32 heavy (non-hydrogen) atoms. The maximum Gasteiger partial charge on any atom is 0.416 e. The van der Waals surface area contributed by atoms with Crippen molar-refractivity contribution in [3.63, 3.8) is 0 Å². The first-order chi connectivity index (χ1) is 15.3. The summed E-state index contributed by atoms with van der Waals surface area (Å²) < 4.78 is 44.8. The van der Waals surface area contributed by atoms with Crippen molar-refractivity contribution >= 4 is 23.9 Å². The van der Waals surface area contributed by atoms with Crippen LogP contribution in [-0.4, -0.2) is 39.7 Å². The molecule has 168 valence electrons. The van der Waals surface area contributed by atoms with Gasteiger partial charge in [0.15, 0.2) is 11.0 Å². The van der Waals surface area contributed by atoms with E-state index in [0.29, 0.717) is 23.1 Å². The zero-order valence-electron chi connectivity index (χ0n) is 17.3. The molecule has 0 spiro atoms. The first-order valence-electron chi connectivity index (χ1n) is 9.51. The standard InChI is InChI=1S/C21H20F3N5O2S/c1-3-29-19(15-6-10-17(31-2)11-7-15)27-28-20(29)32-13-18(30)26-25-12-14-4-8-16(9-5-14)21(22,23)24/h4-12H,3,13H2,1-2H3,(H,26,30).